The molecule has 0 aliphatic carbocycles. The van der Waals surface area contributed by atoms with Crippen LogP contribution in [0, 0.1) is 0 Å². The van der Waals surface area contributed by atoms with Gasteiger partial charge in [0.15, 0.2) is 0 Å². The van der Waals surface area contributed by atoms with Crippen molar-refractivity contribution in [3.05, 3.63) is 96.1 Å². The van der Waals surface area contributed by atoms with Crippen LogP contribution in [-0.4, -0.2) is 10.9 Å². The molecule has 0 aliphatic rings. The van der Waals surface area contributed by atoms with E-state index in [1.54, 1.807) is 0 Å². The topological polar surface area (TPSA) is 32.6 Å². The fourth-order valence-electron chi connectivity index (χ4n) is 2.33. The molecule has 0 fully saturated rings. The minimum atomic E-state index is 0.579. The van der Waals surface area contributed by atoms with Gasteiger partial charge in [-0.05, 0) is 11.1 Å². The maximum absolute atomic E-state index is 9.31. The van der Waals surface area contributed by atoms with Crippen LogP contribution in [0.15, 0.2) is 90.1 Å². The van der Waals surface area contributed by atoms with E-state index in [9.17, 15) is 5.21 Å². The molecule has 3 rings (SSSR count). The minimum Gasteiger partial charge on any atom is -0.410 e. The highest BCUT2D eigenvalue weighted by atomic mass is 16.4. The van der Waals surface area contributed by atoms with Crippen LogP contribution in [-0.2, 0) is 0 Å². The third-order valence-corrected chi connectivity index (χ3v) is 3.41. The predicted molar refractivity (Wildman–Crippen MR) is 85.7 cm³/mol. The SMILES string of the molecule is ON=C(c1ccccc1)c1ccc(-c2ccccc2)cc1. The van der Waals surface area contributed by atoms with Gasteiger partial charge < -0.3 is 5.21 Å². The summed E-state index contributed by atoms with van der Waals surface area (Å²) < 4.78 is 0. The summed E-state index contributed by atoms with van der Waals surface area (Å²) in [5.41, 5.74) is 4.68. The average molecular weight is 273 g/mol. The van der Waals surface area contributed by atoms with E-state index in [2.05, 4.69) is 17.3 Å². The highest BCUT2D eigenvalue weighted by molar-refractivity contribution is 6.12. The zero-order valence-electron chi connectivity index (χ0n) is 11.5. The Labute approximate surface area is 124 Å². The first-order chi connectivity index (χ1) is 10.4. The van der Waals surface area contributed by atoms with Crippen LogP contribution in [0.5, 0.6) is 0 Å². The van der Waals surface area contributed by atoms with Gasteiger partial charge in [-0.25, -0.2) is 0 Å². The lowest BCUT2D eigenvalue weighted by molar-refractivity contribution is 0.319. The summed E-state index contributed by atoms with van der Waals surface area (Å²) in [5.74, 6) is 0. The molecule has 0 aliphatic heterocycles. The van der Waals surface area contributed by atoms with Crippen molar-refractivity contribution in [2.45, 2.75) is 0 Å². The summed E-state index contributed by atoms with van der Waals surface area (Å²) in [5, 5.41) is 12.8. The molecule has 0 atom stereocenters. The van der Waals surface area contributed by atoms with Gasteiger partial charge >= 0.3 is 0 Å². The predicted octanol–water partition coefficient (Wildman–Crippen LogP) is 4.58. The van der Waals surface area contributed by atoms with Gasteiger partial charge in [0.2, 0.25) is 0 Å². The van der Waals surface area contributed by atoms with E-state index in [-0.39, 0.29) is 0 Å². The Morgan fingerprint density at radius 3 is 1.62 bits per heavy atom. The molecule has 0 aromatic heterocycles. The van der Waals surface area contributed by atoms with Crippen molar-refractivity contribution >= 4 is 5.71 Å². The molecule has 1 N–H and O–H groups in total. The Bertz CT molecular complexity index is 732. The van der Waals surface area contributed by atoms with Gasteiger partial charge in [-0.15, -0.1) is 0 Å². The first kappa shape index (κ1) is 13.1. The maximum atomic E-state index is 9.31. The van der Waals surface area contributed by atoms with Crippen molar-refractivity contribution < 1.29 is 5.21 Å². The van der Waals surface area contributed by atoms with Gasteiger partial charge in [-0.2, -0.15) is 0 Å². The standard InChI is InChI=1S/C19H15NO/c21-20-19(17-9-5-2-6-10-17)18-13-11-16(12-14-18)15-7-3-1-4-8-15/h1-14,21H. The quantitative estimate of drug-likeness (QED) is 0.423. The largest absolute Gasteiger partial charge is 0.410 e. The van der Waals surface area contributed by atoms with Crippen LogP contribution >= 0.6 is 0 Å². The Morgan fingerprint density at radius 2 is 1.05 bits per heavy atom. The Balaban J connectivity index is 1.94. The van der Waals surface area contributed by atoms with Crippen LogP contribution < -0.4 is 0 Å². The zero-order chi connectivity index (χ0) is 14.5. The van der Waals surface area contributed by atoms with E-state index in [0.717, 1.165) is 16.7 Å². The Kier molecular flexibility index (Phi) is 3.79. The molecule has 102 valence electrons. The third-order valence-electron chi connectivity index (χ3n) is 3.41. The Hall–Kier alpha value is -2.87. The summed E-state index contributed by atoms with van der Waals surface area (Å²) in [6, 6.07) is 27.9. The summed E-state index contributed by atoms with van der Waals surface area (Å²) in [7, 11) is 0. The number of hydrogen-bond acceptors (Lipinski definition) is 2. The normalized spacial score (nSPS) is 11.3. The van der Waals surface area contributed by atoms with Crippen molar-refractivity contribution in [1.82, 2.24) is 0 Å². The number of nitrogens with zero attached hydrogens (tertiary/aromatic N) is 1. The molecule has 3 aromatic rings. The van der Waals surface area contributed by atoms with E-state index >= 15 is 0 Å². The Morgan fingerprint density at radius 1 is 0.571 bits per heavy atom. The first-order valence-corrected chi connectivity index (χ1v) is 6.82. The lowest BCUT2D eigenvalue weighted by Crippen LogP contribution is -2.02. The molecular weight excluding hydrogens is 258 g/mol. The first-order valence-electron chi connectivity index (χ1n) is 6.82. The highest BCUT2D eigenvalue weighted by Gasteiger charge is 2.07. The molecule has 21 heavy (non-hydrogen) atoms. The van der Waals surface area contributed by atoms with Crippen molar-refractivity contribution in [3.8, 4) is 11.1 Å². The number of oxime groups is 1. The fourth-order valence-corrected chi connectivity index (χ4v) is 2.33. The van der Waals surface area contributed by atoms with Gasteiger partial charge in [0.1, 0.15) is 5.71 Å². The average Bonchev–Trinajstić information content (AvgIpc) is 2.58. The number of rotatable bonds is 3. The van der Waals surface area contributed by atoms with E-state index in [1.807, 2.05) is 72.8 Å². The number of benzene rings is 3. The van der Waals surface area contributed by atoms with E-state index in [4.69, 9.17) is 0 Å². The van der Waals surface area contributed by atoms with Gasteiger partial charge in [-0.3, -0.25) is 0 Å². The van der Waals surface area contributed by atoms with E-state index in [1.165, 1.54) is 5.56 Å². The van der Waals surface area contributed by atoms with Gasteiger partial charge in [0, 0.05) is 11.1 Å². The monoisotopic (exact) mass is 273 g/mol. The van der Waals surface area contributed by atoms with Crippen molar-refractivity contribution in [1.29, 1.82) is 0 Å². The van der Waals surface area contributed by atoms with Crippen LogP contribution in [0.3, 0.4) is 0 Å². The van der Waals surface area contributed by atoms with Gasteiger partial charge in [0.05, 0.1) is 0 Å². The lowest BCUT2D eigenvalue weighted by atomic mass is 9.99. The summed E-state index contributed by atoms with van der Waals surface area (Å²) in [6.07, 6.45) is 0. The molecule has 0 saturated heterocycles. The van der Waals surface area contributed by atoms with E-state index < -0.39 is 0 Å². The second-order valence-corrected chi connectivity index (χ2v) is 4.76. The van der Waals surface area contributed by atoms with Crippen LogP contribution in [0.2, 0.25) is 0 Å². The van der Waals surface area contributed by atoms with Gasteiger partial charge in [0.25, 0.3) is 0 Å². The van der Waals surface area contributed by atoms with Crippen LogP contribution in [0.1, 0.15) is 11.1 Å². The second-order valence-electron chi connectivity index (χ2n) is 4.76. The summed E-state index contributed by atoms with van der Waals surface area (Å²) in [6.45, 7) is 0. The lowest BCUT2D eigenvalue weighted by Gasteiger charge is -2.07. The van der Waals surface area contributed by atoms with E-state index in [0.29, 0.717) is 5.71 Å². The molecule has 0 radical (unpaired) electrons. The third kappa shape index (κ3) is 2.84. The number of hydrogen-bond donors (Lipinski definition) is 1. The fraction of sp³-hybridized carbons (Fsp3) is 0. The zero-order valence-corrected chi connectivity index (χ0v) is 11.5. The molecule has 0 saturated carbocycles. The van der Waals surface area contributed by atoms with Crippen molar-refractivity contribution in [2.24, 2.45) is 5.16 Å². The van der Waals surface area contributed by atoms with Crippen molar-refractivity contribution in [3.63, 3.8) is 0 Å². The minimum absolute atomic E-state index is 0.579. The molecule has 3 aromatic carbocycles. The smallest absolute Gasteiger partial charge is 0.117 e. The van der Waals surface area contributed by atoms with Gasteiger partial charge in [-0.1, -0.05) is 90.1 Å². The molecule has 2 heteroatoms. The van der Waals surface area contributed by atoms with Crippen molar-refractivity contribution in [2.75, 3.05) is 0 Å². The molecule has 0 amide bonds. The molecule has 0 spiro atoms. The maximum Gasteiger partial charge on any atom is 0.117 e. The molecule has 0 bridgehead atoms. The van der Waals surface area contributed by atoms with Crippen LogP contribution in [0.25, 0.3) is 11.1 Å². The second kappa shape index (κ2) is 6.06. The summed E-state index contributed by atoms with van der Waals surface area (Å²) >= 11 is 0. The molecule has 0 heterocycles. The van der Waals surface area contributed by atoms with Crippen LogP contribution in [0.4, 0.5) is 0 Å². The summed E-state index contributed by atoms with van der Waals surface area (Å²) in [4.78, 5) is 0. The molecule has 2 nitrogen and oxygen atoms in total. The molecule has 0 unspecified atom stereocenters. The molecular formula is C19H15NO. The highest BCUT2D eigenvalue weighted by Crippen LogP contribution is 2.20.